The number of nitrogens with one attached hydrogen (secondary N) is 1. The first-order valence-corrected chi connectivity index (χ1v) is 5.83. The van der Waals surface area contributed by atoms with E-state index in [-0.39, 0.29) is 5.91 Å². The second kappa shape index (κ2) is 4.45. The van der Waals surface area contributed by atoms with Gasteiger partial charge in [0.2, 0.25) is 0 Å². The van der Waals surface area contributed by atoms with Crippen LogP contribution in [0.3, 0.4) is 0 Å². The van der Waals surface area contributed by atoms with Crippen LogP contribution in [0.2, 0.25) is 0 Å². The standard InChI is InChI=1S/C8H8N4OS2/c1-5-4-14-7(11-5)3-9-8(13)6-2-10-15-12-6/h2,4H,3H2,1H3,(H,9,13). The van der Waals surface area contributed by atoms with E-state index in [2.05, 4.69) is 19.0 Å². The highest BCUT2D eigenvalue weighted by Crippen LogP contribution is 2.08. The summed E-state index contributed by atoms with van der Waals surface area (Å²) in [5.41, 5.74) is 1.33. The van der Waals surface area contributed by atoms with Gasteiger partial charge >= 0.3 is 0 Å². The lowest BCUT2D eigenvalue weighted by Gasteiger charge is -1.98. The summed E-state index contributed by atoms with van der Waals surface area (Å²) >= 11 is 2.55. The Morgan fingerprint density at radius 1 is 1.60 bits per heavy atom. The zero-order valence-electron chi connectivity index (χ0n) is 7.93. The molecule has 1 amide bonds. The molecule has 2 rings (SSSR count). The maximum atomic E-state index is 11.5. The first-order chi connectivity index (χ1) is 7.25. The number of thiazole rings is 1. The molecule has 2 aromatic heterocycles. The minimum absolute atomic E-state index is 0.211. The van der Waals surface area contributed by atoms with Gasteiger partial charge in [-0.05, 0) is 6.92 Å². The van der Waals surface area contributed by atoms with Gasteiger partial charge in [0, 0.05) is 11.1 Å². The first-order valence-electron chi connectivity index (χ1n) is 4.22. The third-order valence-electron chi connectivity index (χ3n) is 1.66. The van der Waals surface area contributed by atoms with Gasteiger partial charge in [-0.15, -0.1) is 11.3 Å². The predicted octanol–water partition coefficient (Wildman–Crippen LogP) is 1.23. The first kappa shape index (κ1) is 10.2. The molecule has 0 radical (unpaired) electrons. The predicted molar refractivity (Wildman–Crippen MR) is 57.9 cm³/mol. The summed E-state index contributed by atoms with van der Waals surface area (Å²) in [6, 6.07) is 0. The largest absolute Gasteiger partial charge is 0.344 e. The molecule has 1 N–H and O–H groups in total. The van der Waals surface area contributed by atoms with Gasteiger partial charge in [-0.1, -0.05) is 0 Å². The van der Waals surface area contributed by atoms with Crippen LogP contribution >= 0.6 is 23.1 Å². The van der Waals surface area contributed by atoms with Crippen LogP contribution in [0.4, 0.5) is 0 Å². The molecule has 2 heterocycles. The zero-order chi connectivity index (χ0) is 10.7. The Morgan fingerprint density at radius 2 is 2.47 bits per heavy atom. The molecule has 15 heavy (non-hydrogen) atoms. The number of aromatic nitrogens is 3. The molecule has 0 atom stereocenters. The van der Waals surface area contributed by atoms with Crippen LogP contribution in [0.1, 0.15) is 21.2 Å². The monoisotopic (exact) mass is 240 g/mol. The molecule has 0 aromatic carbocycles. The average molecular weight is 240 g/mol. The Hall–Kier alpha value is -1.34. The fraction of sp³-hybridized carbons (Fsp3) is 0.250. The number of amides is 1. The number of carbonyl (C=O) groups is 1. The van der Waals surface area contributed by atoms with Gasteiger partial charge in [0.25, 0.3) is 5.91 Å². The highest BCUT2D eigenvalue weighted by Gasteiger charge is 2.08. The van der Waals surface area contributed by atoms with E-state index in [1.165, 1.54) is 17.5 Å². The molecular weight excluding hydrogens is 232 g/mol. The Labute approximate surface area is 94.5 Å². The molecule has 0 spiro atoms. The second-order valence-electron chi connectivity index (χ2n) is 2.86. The van der Waals surface area contributed by atoms with Crippen molar-refractivity contribution < 1.29 is 4.79 Å². The van der Waals surface area contributed by atoms with Crippen molar-refractivity contribution in [3.8, 4) is 0 Å². The minimum Gasteiger partial charge on any atom is -0.344 e. The Kier molecular flexibility index (Phi) is 3.02. The topological polar surface area (TPSA) is 67.8 Å². The molecule has 0 saturated carbocycles. The fourth-order valence-electron chi connectivity index (χ4n) is 0.995. The quantitative estimate of drug-likeness (QED) is 0.876. The molecule has 0 unspecified atom stereocenters. The van der Waals surface area contributed by atoms with E-state index in [1.807, 2.05) is 12.3 Å². The molecule has 0 aliphatic heterocycles. The summed E-state index contributed by atoms with van der Waals surface area (Å²) in [4.78, 5) is 15.7. The van der Waals surface area contributed by atoms with E-state index in [1.54, 1.807) is 0 Å². The number of carbonyl (C=O) groups excluding carboxylic acids is 1. The highest BCUT2D eigenvalue weighted by atomic mass is 32.1. The van der Waals surface area contributed by atoms with E-state index in [4.69, 9.17) is 0 Å². The van der Waals surface area contributed by atoms with Gasteiger partial charge in [-0.2, -0.15) is 8.75 Å². The lowest BCUT2D eigenvalue weighted by atomic mass is 10.4. The highest BCUT2D eigenvalue weighted by molar-refractivity contribution is 7.09. The molecule has 0 bridgehead atoms. The van der Waals surface area contributed by atoms with E-state index in [0.717, 1.165) is 22.4 Å². The smallest absolute Gasteiger partial charge is 0.273 e. The third kappa shape index (κ3) is 2.57. The Bertz CT molecular complexity index is 451. The number of nitrogens with zero attached hydrogens (tertiary/aromatic N) is 3. The Morgan fingerprint density at radius 3 is 3.07 bits per heavy atom. The van der Waals surface area contributed by atoms with Gasteiger partial charge in [0.05, 0.1) is 24.5 Å². The second-order valence-corrected chi connectivity index (χ2v) is 4.36. The van der Waals surface area contributed by atoms with Crippen LogP contribution in [0.5, 0.6) is 0 Å². The molecule has 2 aromatic rings. The van der Waals surface area contributed by atoms with Crippen molar-refractivity contribution in [1.82, 2.24) is 19.0 Å². The van der Waals surface area contributed by atoms with Crippen LogP contribution < -0.4 is 5.32 Å². The van der Waals surface area contributed by atoms with Gasteiger partial charge < -0.3 is 5.32 Å². The Balaban J connectivity index is 1.91. The summed E-state index contributed by atoms with van der Waals surface area (Å²) in [5.74, 6) is -0.211. The number of aryl methyl sites for hydroxylation is 1. The fourth-order valence-corrected chi connectivity index (χ4v) is 2.12. The third-order valence-corrected chi connectivity index (χ3v) is 3.11. The summed E-state index contributed by atoms with van der Waals surface area (Å²) in [5, 5.41) is 5.57. The van der Waals surface area contributed by atoms with E-state index < -0.39 is 0 Å². The summed E-state index contributed by atoms with van der Waals surface area (Å²) < 4.78 is 7.59. The van der Waals surface area contributed by atoms with E-state index in [0.29, 0.717) is 12.2 Å². The molecule has 0 fully saturated rings. The van der Waals surface area contributed by atoms with Crippen LogP contribution in [0.25, 0.3) is 0 Å². The number of hydrogen-bond acceptors (Lipinski definition) is 6. The van der Waals surface area contributed by atoms with E-state index in [9.17, 15) is 4.79 Å². The van der Waals surface area contributed by atoms with Crippen molar-refractivity contribution in [3.63, 3.8) is 0 Å². The average Bonchev–Trinajstić information content (AvgIpc) is 2.84. The molecule has 0 saturated heterocycles. The van der Waals surface area contributed by atoms with Gasteiger partial charge in [0.15, 0.2) is 5.69 Å². The van der Waals surface area contributed by atoms with Crippen molar-refractivity contribution in [2.75, 3.05) is 0 Å². The molecular formula is C8H8N4OS2. The van der Waals surface area contributed by atoms with Crippen LogP contribution in [-0.2, 0) is 6.54 Å². The van der Waals surface area contributed by atoms with Crippen molar-refractivity contribution in [1.29, 1.82) is 0 Å². The lowest BCUT2D eigenvalue weighted by molar-refractivity contribution is 0.0947. The minimum atomic E-state index is -0.211. The number of hydrogen-bond donors (Lipinski definition) is 1. The SMILES string of the molecule is Cc1csc(CNC(=O)c2cnsn2)n1. The van der Waals surface area contributed by atoms with Gasteiger partial charge in [0.1, 0.15) is 5.01 Å². The maximum absolute atomic E-state index is 11.5. The lowest BCUT2D eigenvalue weighted by Crippen LogP contribution is -2.22. The van der Waals surface area contributed by atoms with E-state index >= 15 is 0 Å². The van der Waals surface area contributed by atoms with Crippen molar-refractivity contribution in [3.05, 3.63) is 28.0 Å². The molecule has 7 heteroatoms. The molecule has 5 nitrogen and oxygen atoms in total. The van der Waals surface area contributed by atoms with Crippen molar-refractivity contribution >= 4 is 29.0 Å². The van der Waals surface area contributed by atoms with Crippen LogP contribution in [0.15, 0.2) is 11.6 Å². The van der Waals surface area contributed by atoms with Gasteiger partial charge in [-0.3, -0.25) is 4.79 Å². The molecule has 0 aliphatic rings. The van der Waals surface area contributed by atoms with Crippen LogP contribution in [0, 0.1) is 6.92 Å². The van der Waals surface area contributed by atoms with Crippen molar-refractivity contribution in [2.45, 2.75) is 13.5 Å². The normalized spacial score (nSPS) is 10.2. The summed E-state index contributed by atoms with van der Waals surface area (Å²) in [6.07, 6.45) is 1.45. The summed E-state index contributed by atoms with van der Waals surface area (Å²) in [7, 11) is 0. The molecule has 78 valence electrons. The van der Waals surface area contributed by atoms with Crippen LogP contribution in [-0.4, -0.2) is 19.6 Å². The zero-order valence-corrected chi connectivity index (χ0v) is 9.56. The van der Waals surface area contributed by atoms with Gasteiger partial charge in [-0.25, -0.2) is 4.98 Å². The number of rotatable bonds is 3. The maximum Gasteiger partial charge on any atom is 0.273 e. The van der Waals surface area contributed by atoms with Crippen molar-refractivity contribution in [2.24, 2.45) is 0 Å². The summed E-state index contributed by atoms with van der Waals surface area (Å²) in [6.45, 7) is 2.36. The molecule has 0 aliphatic carbocycles.